The summed E-state index contributed by atoms with van der Waals surface area (Å²) in [7, 11) is 0. The summed E-state index contributed by atoms with van der Waals surface area (Å²) >= 11 is 1.85. The predicted molar refractivity (Wildman–Crippen MR) is 102 cm³/mol. The Labute approximate surface area is 153 Å². The predicted octanol–water partition coefficient (Wildman–Crippen LogP) is 3.52. The second-order valence-electron chi connectivity index (χ2n) is 5.47. The van der Waals surface area contributed by atoms with Crippen LogP contribution in [0.15, 0.2) is 18.2 Å². The Morgan fingerprint density at radius 1 is 1.39 bits per heavy atom. The van der Waals surface area contributed by atoms with E-state index in [1.807, 2.05) is 25.6 Å². The summed E-state index contributed by atoms with van der Waals surface area (Å²) in [4.78, 5) is 12.1. The molecule has 0 aromatic heterocycles. The number of carbonyl (C=O) groups is 1. The first-order valence-corrected chi connectivity index (χ1v) is 8.37. The first kappa shape index (κ1) is 22.3. The van der Waals surface area contributed by atoms with Crippen LogP contribution in [-0.4, -0.2) is 36.0 Å². The van der Waals surface area contributed by atoms with Crippen LogP contribution in [0.1, 0.15) is 20.3 Å². The number of hydrogen-bond acceptors (Lipinski definition) is 4. The minimum atomic E-state index is -0.356. The average molecular weight is 384 g/mol. The molecule has 2 rings (SSSR count). The van der Waals surface area contributed by atoms with Gasteiger partial charge in [0.2, 0.25) is 5.91 Å². The van der Waals surface area contributed by atoms with Gasteiger partial charge in [-0.15, -0.1) is 24.8 Å². The highest BCUT2D eigenvalue weighted by Crippen LogP contribution is 2.24. The number of halogens is 3. The molecule has 4 nitrogen and oxygen atoms in total. The van der Waals surface area contributed by atoms with Gasteiger partial charge >= 0.3 is 0 Å². The summed E-state index contributed by atoms with van der Waals surface area (Å²) in [5, 5.41) is 9.34. The van der Waals surface area contributed by atoms with Crippen molar-refractivity contribution in [3.8, 4) is 0 Å². The van der Waals surface area contributed by atoms with E-state index in [2.05, 4.69) is 16.0 Å². The van der Waals surface area contributed by atoms with Crippen molar-refractivity contribution in [2.75, 3.05) is 28.7 Å². The Hall–Kier alpha value is -0.690. The van der Waals surface area contributed by atoms with Gasteiger partial charge < -0.3 is 16.0 Å². The number of thioether (sulfide) groups is 1. The number of anilines is 2. The molecule has 1 aliphatic heterocycles. The van der Waals surface area contributed by atoms with Crippen LogP contribution < -0.4 is 16.0 Å². The zero-order valence-corrected chi connectivity index (χ0v) is 15.7. The molecule has 132 valence electrons. The fourth-order valence-corrected chi connectivity index (χ4v) is 3.18. The molecular weight excluding hydrogens is 360 g/mol. The highest BCUT2D eigenvalue weighted by molar-refractivity contribution is 7.99. The monoisotopic (exact) mass is 383 g/mol. The van der Waals surface area contributed by atoms with Gasteiger partial charge in [-0.1, -0.05) is 0 Å². The number of nitrogens with one attached hydrogen (secondary N) is 3. The summed E-state index contributed by atoms with van der Waals surface area (Å²) in [6.45, 7) is 4.93. The fourth-order valence-electron chi connectivity index (χ4n) is 2.23. The van der Waals surface area contributed by atoms with Crippen molar-refractivity contribution in [2.45, 2.75) is 32.4 Å². The van der Waals surface area contributed by atoms with Crippen LogP contribution >= 0.6 is 36.6 Å². The molecule has 1 saturated heterocycles. The number of amides is 1. The van der Waals surface area contributed by atoms with E-state index in [-0.39, 0.29) is 48.6 Å². The molecular formula is C15H24Cl2FN3OS. The number of rotatable bonds is 5. The largest absolute Gasteiger partial charge is 0.381 e. The quantitative estimate of drug-likeness (QED) is 0.727. The fraction of sp³-hybridized carbons (Fsp3) is 0.533. The molecule has 1 atom stereocenters. The average Bonchev–Trinajstić information content (AvgIpc) is 2.42. The van der Waals surface area contributed by atoms with Gasteiger partial charge in [-0.05, 0) is 32.0 Å². The van der Waals surface area contributed by atoms with Crippen molar-refractivity contribution >= 4 is 53.9 Å². The van der Waals surface area contributed by atoms with Gasteiger partial charge in [0.25, 0.3) is 0 Å². The molecule has 1 fully saturated rings. The van der Waals surface area contributed by atoms with E-state index in [4.69, 9.17) is 0 Å². The van der Waals surface area contributed by atoms with Crippen LogP contribution in [0.5, 0.6) is 0 Å². The lowest BCUT2D eigenvalue weighted by Crippen LogP contribution is -2.40. The number of carbonyl (C=O) groups excluding carboxylic acids is 1. The van der Waals surface area contributed by atoms with Gasteiger partial charge in [-0.2, -0.15) is 11.8 Å². The number of benzene rings is 1. The van der Waals surface area contributed by atoms with E-state index in [0.717, 1.165) is 23.7 Å². The second kappa shape index (κ2) is 11.0. The zero-order chi connectivity index (χ0) is 15.2. The molecule has 3 N–H and O–H groups in total. The molecule has 0 radical (unpaired) electrons. The maximum atomic E-state index is 13.4. The lowest BCUT2D eigenvalue weighted by molar-refractivity contribution is -0.116. The summed E-state index contributed by atoms with van der Waals surface area (Å²) in [5.74, 6) is 1.58. The lowest BCUT2D eigenvalue weighted by atomic mass is 10.2. The van der Waals surface area contributed by atoms with Crippen LogP contribution in [0, 0.1) is 5.82 Å². The van der Waals surface area contributed by atoms with Gasteiger partial charge in [0.15, 0.2) is 0 Å². The molecule has 1 aromatic carbocycles. The third-order valence-corrected chi connectivity index (χ3v) is 4.26. The van der Waals surface area contributed by atoms with E-state index in [0.29, 0.717) is 12.1 Å². The summed E-state index contributed by atoms with van der Waals surface area (Å²) in [6, 6.07) is 4.80. The zero-order valence-electron chi connectivity index (χ0n) is 13.2. The van der Waals surface area contributed by atoms with E-state index < -0.39 is 0 Å². The van der Waals surface area contributed by atoms with Gasteiger partial charge in [0.05, 0.1) is 11.4 Å². The Morgan fingerprint density at radius 2 is 2.13 bits per heavy atom. The minimum absolute atomic E-state index is 0. The Morgan fingerprint density at radius 3 is 2.74 bits per heavy atom. The van der Waals surface area contributed by atoms with Crippen molar-refractivity contribution in [1.82, 2.24) is 5.32 Å². The maximum Gasteiger partial charge on any atom is 0.226 e. The molecule has 1 amide bonds. The molecule has 1 aliphatic rings. The molecule has 1 heterocycles. The smallest absolute Gasteiger partial charge is 0.226 e. The summed E-state index contributed by atoms with van der Waals surface area (Å²) in [5.41, 5.74) is 1.24. The molecule has 0 aliphatic carbocycles. The molecule has 0 saturated carbocycles. The third-order valence-electron chi connectivity index (χ3n) is 3.13. The molecule has 1 aromatic rings. The molecule has 0 bridgehead atoms. The lowest BCUT2D eigenvalue weighted by Gasteiger charge is -2.23. The topological polar surface area (TPSA) is 53.2 Å². The van der Waals surface area contributed by atoms with E-state index >= 15 is 0 Å². The van der Waals surface area contributed by atoms with E-state index in [1.165, 1.54) is 12.1 Å². The Balaban J connectivity index is 0.00000242. The summed E-state index contributed by atoms with van der Waals surface area (Å²) < 4.78 is 13.4. The first-order chi connectivity index (χ1) is 10.0. The van der Waals surface area contributed by atoms with Crippen molar-refractivity contribution in [3.63, 3.8) is 0 Å². The van der Waals surface area contributed by atoms with Gasteiger partial charge in [-0.3, -0.25) is 4.79 Å². The highest BCUT2D eigenvalue weighted by Gasteiger charge is 2.17. The Bertz CT molecular complexity index is 500. The van der Waals surface area contributed by atoms with E-state index in [9.17, 15) is 9.18 Å². The molecule has 8 heteroatoms. The van der Waals surface area contributed by atoms with Crippen molar-refractivity contribution in [3.05, 3.63) is 24.0 Å². The van der Waals surface area contributed by atoms with Crippen LogP contribution in [-0.2, 0) is 4.79 Å². The second-order valence-corrected chi connectivity index (χ2v) is 6.62. The van der Waals surface area contributed by atoms with Crippen molar-refractivity contribution in [2.24, 2.45) is 0 Å². The molecule has 23 heavy (non-hydrogen) atoms. The SMILES string of the molecule is CC(C)Nc1ccc(F)cc1NC(=O)CC1CSCCN1.Cl.Cl. The van der Waals surface area contributed by atoms with Gasteiger partial charge in [-0.25, -0.2) is 4.39 Å². The molecule has 1 unspecified atom stereocenters. The van der Waals surface area contributed by atoms with Crippen LogP contribution in [0.25, 0.3) is 0 Å². The normalized spacial score (nSPS) is 17.0. The van der Waals surface area contributed by atoms with Gasteiger partial charge in [0.1, 0.15) is 5.82 Å². The highest BCUT2D eigenvalue weighted by atomic mass is 35.5. The minimum Gasteiger partial charge on any atom is -0.381 e. The van der Waals surface area contributed by atoms with Crippen LogP contribution in [0.3, 0.4) is 0 Å². The van der Waals surface area contributed by atoms with E-state index in [1.54, 1.807) is 6.07 Å². The molecule has 0 spiro atoms. The van der Waals surface area contributed by atoms with Gasteiger partial charge in [0, 0.05) is 36.6 Å². The Kier molecular flexibility index (Phi) is 10.6. The summed E-state index contributed by atoms with van der Waals surface area (Å²) in [6.07, 6.45) is 0.407. The maximum absolute atomic E-state index is 13.4. The standard InChI is InChI=1S/C15H22FN3OS.2ClH/c1-10(2)18-13-4-3-11(16)7-14(13)19-15(20)8-12-9-21-6-5-17-12;;/h3-4,7,10,12,17-18H,5-6,8-9H2,1-2H3,(H,19,20);2*1H. The van der Waals surface area contributed by atoms with Crippen LogP contribution in [0.2, 0.25) is 0 Å². The van der Waals surface area contributed by atoms with Crippen LogP contribution in [0.4, 0.5) is 15.8 Å². The third kappa shape index (κ3) is 7.61. The van der Waals surface area contributed by atoms with Crippen molar-refractivity contribution in [1.29, 1.82) is 0 Å². The van der Waals surface area contributed by atoms with Crippen molar-refractivity contribution < 1.29 is 9.18 Å². The number of hydrogen-bond donors (Lipinski definition) is 3. The first-order valence-electron chi connectivity index (χ1n) is 7.21.